The molecule has 2 rings (SSSR count). The number of halogens is 2. The van der Waals surface area contributed by atoms with Crippen molar-refractivity contribution in [3.63, 3.8) is 0 Å². The zero-order valence-corrected chi connectivity index (χ0v) is 13.7. The van der Waals surface area contributed by atoms with E-state index < -0.39 is 0 Å². The van der Waals surface area contributed by atoms with E-state index in [1.54, 1.807) is 6.07 Å². The van der Waals surface area contributed by atoms with E-state index in [4.69, 9.17) is 11.6 Å². The molecule has 0 radical (unpaired) electrons. The van der Waals surface area contributed by atoms with E-state index in [0.717, 1.165) is 18.7 Å². The minimum atomic E-state index is 0.318. The van der Waals surface area contributed by atoms with Crippen LogP contribution >= 0.6 is 27.5 Å². The van der Waals surface area contributed by atoms with Gasteiger partial charge >= 0.3 is 0 Å². The SMILES string of the molecule is CCN(Cc1cc(Cl)cc(Br)c1O)C1CCCCC1. The van der Waals surface area contributed by atoms with Crippen LogP contribution in [-0.4, -0.2) is 22.6 Å². The van der Waals surface area contributed by atoms with Crippen molar-refractivity contribution in [1.29, 1.82) is 0 Å². The highest BCUT2D eigenvalue weighted by molar-refractivity contribution is 9.10. The minimum Gasteiger partial charge on any atom is -0.506 e. The summed E-state index contributed by atoms with van der Waals surface area (Å²) in [6, 6.07) is 4.25. The Hall–Kier alpha value is -0.250. The fourth-order valence-electron chi connectivity index (χ4n) is 2.90. The van der Waals surface area contributed by atoms with Gasteiger partial charge in [0.1, 0.15) is 5.75 Å². The summed E-state index contributed by atoms with van der Waals surface area (Å²) in [5.41, 5.74) is 0.909. The number of hydrogen-bond acceptors (Lipinski definition) is 2. The fraction of sp³-hybridized carbons (Fsp3) is 0.600. The standard InChI is InChI=1S/C15H21BrClNO/c1-2-18(13-6-4-3-5-7-13)10-11-8-12(17)9-14(16)15(11)19/h8-9,13,19H,2-7,10H2,1H3. The second-order valence-corrected chi connectivity index (χ2v) is 6.54. The average molecular weight is 347 g/mol. The van der Waals surface area contributed by atoms with Gasteiger partial charge in [0.15, 0.2) is 0 Å². The lowest BCUT2D eigenvalue weighted by atomic mass is 9.94. The lowest BCUT2D eigenvalue weighted by molar-refractivity contribution is 0.154. The van der Waals surface area contributed by atoms with E-state index in [1.165, 1.54) is 32.1 Å². The van der Waals surface area contributed by atoms with Gasteiger partial charge in [-0.25, -0.2) is 0 Å². The maximum Gasteiger partial charge on any atom is 0.134 e. The quantitative estimate of drug-likeness (QED) is 0.832. The van der Waals surface area contributed by atoms with Gasteiger partial charge in [-0.2, -0.15) is 0 Å². The molecule has 106 valence electrons. The second kappa shape index (κ2) is 6.96. The van der Waals surface area contributed by atoms with Crippen molar-refractivity contribution in [2.75, 3.05) is 6.54 Å². The second-order valence-electron chi connectivity index (χ2n) is 5.25. The molecule has 0 aromatic heterocycles. The Kier molecular flexibility index (Phi) is 5.55. The summed E-state index contributed by atoms with van der Waals surface area (Å²) in [5, 5.41) is 10.8. The van der Waals surface area contributed by atoms with E-state index in [1.807, 2.05) is 6.07 Å². The fourth-order valence-corrected chi connectivity index (χ4v) is 3.78. The number of phenols is 1. The molecule has 0 unspecified atom stereocenters. The Balaban J connectivity index is 2.13. The summed E-state index contributed by atoms with van der Waals surface area (Å²) < 4.78 is 0.676. The maximum absolute atomic E-state index is 10.1. The van der Waals surface area contributed by atoms with E-state index in [-0.39, 0.29) is 0 Å². The average Bonchev–Trinajstić information content (AvgIpc) is 2.42. The summed E-state index contributed by atoms with van der Waals surface area (Å²) in [7, 11) is 0. The molecular formula is C15H21BrClNO. The van der Waals surface area contributed by atoms with Crippen molar-refractivity contribution in [2.24, 2.45) is 0 Å². The molecule has 4 heteroatoms. The van der Waals surface area contributed by atoms with Crippen LogP contribution in [0.4, 0.5) is 0 Å². The van der Waals surface area contributed by atoms with Gasteiger partial charge in [0.05, 0.1) is 4.47 Å². The van der Waals surface area contributed by atoms with Crippen molar-refractivity contribution in [3.8, 4) is 5.75 Å². The highest BCUT2D eigenvalue weighted by Crippen LogP contribution is 2.33. The van der Waals surface area contributed by atoms with E-state index >= 15 is 0 Å². The molecule has 0 atom stereocenters. The van der Waals surface area contributed by atoms with Gasteiger partial charge in [-0.1, -0.05) is 37.8 Å². The summed E-state index contributed by atoms with van der Waals surface area (Å²) in [6.45, 7) is 3.96. The zero-order valence-electron chi connectivity index (χ0n) is 11.3. The number of benzene rings is 1. The Labute approximate surface area is 128 Å². The van der Waals surface area contributed by atoms with E-state index in [9.17, 15) is 5.11 Å². The van der Waals surface area contributed by atoms with Crippen molar-refractivity contribution in [1.82, 2.24) is 4.90 Å². The van der Waals surface area contributed by atoms with E-state index in [2.05, 4.69) is 27.8 Å². The molecule has 0 spiro atoms. The van der Waals surface area contributed by atoms with Crippen LogP contribution in [0.25, 0.3) is 0 Å². The molecule has 0 bridgehead atoms. The third-order valence-corrected chi connectivity index (χ3v) is 4.80. The molecule has 2 nitrogen and oxygen atoms in total. The molecule has 1 aliphatic rings. The molecule has 0 aliphatic heterocycles. The number of nitrogens with zero attached hydrogens (tertiary/aromatic N) is 1. The smallest absolute Gasteiger partial charge is 0.134 e. The summed E-state index contributed by atoms with van der Waals surface area (Å²) in [6.07, 6.45) is 6.56. The zero-order chi connectivity index (χ0) is 13.8. The van der Waals surface area contributed by atoms with Crippen LogP contribution in [0.15, 0.2) is 16.6 Å². The van der Waals surface area contributed by atoms with Crippen LogP contribution in [0, 0.1) is 0 Å². The monoisotopic (exact) mass is 345 g/mol. The molecule has 1 fully saturated rings. The first-order chi connectivity index (χ1) is 9.11. The van der Waals surface area contributed by atoms with Gasteiger partial charge in [0.25, 0.3) is 0 Å². The Bertz CT molecular complexity index is 432. The number of rotatable bonds is 4. The lowest BCUT2D eigenvalue weighted by Gasteiger charge is -2.33. The van der Waals surface area contributed by atoms with Gasteiger partial charge in [0, 0.05) is 23.2 Å². The van der Waals surface area contributed by atoms with Crippen LogP contribution < -0.4 is 0 Å². The molecule has 1 saturated carbocycles. The number of hydrogen-bond donors (Lipinski definition) is 1. The molecule has 0 heterocycles. The van der Waals surface area contributed by atoms with Crippen LogP contribution in [0.1, 0.15) is 44.6 Å². The first-order valence-corrected chi connectivity index (χ1v) is 8.20. The highest BCUT2D eigenvalue weighted by atomic mass is 79.9. The minimum absolute atomic E-state index is 0.318. The van der Waals surface area contributed by atoms with Gasteiger partial charge in [-0.3, -0.25) is 4.90 Å². The van der Waals surface area contributed by atoms with Crippen LogP contribution in [0.2, 0.25) is 5.02 Å². The third-order valence-electron chi connectivity index (χ3n) is 3.98. The topological polar surface area (TPSA) is 23.5 Å². The first kappa shape index (κ1) is 15.1. The Morgan fingerprint density at radius 1 is 1.32 bits per heavy atom. The molecule has 0 saturated heterocycles. The molecule has 1 N–H and O–H groups in total. The molecule has 19 heavy (non-hydrogen) atoms. The van der Waals surface area contributed by atoms with Crippen molar-refractivity contribution in [3.05, 3.63) is 27.2 Å². The van der Waals surface area contributed by atoms with Gasteiger partial charge in [-0.15, -0.1) is 0 Å². The summed E-state index contributed by atoms with van der Waals surface area (Å²) in [4.78, 5) is 2.46. The van der Waals surface area contributed by atoms with Crippen molar-refractivity contribution < 1.29 is 5.11 Å². The number of phenolic OH excluding ortho intramolecular Hbond substituents is 1. The molecule has 1 aliphatic carbocycles. The third kappa shape index (κ3) is 3.87. The molecule has 1 aromatic carbocycles. The van der Waals surface area contributed by atoms with Crippen LogP contribution in [0.5, 0.6) is 5.75 Å². The van der Waals surface area contributed by atoms with Gasteiger partial charge < -0.3 is 5.11 Å². The van der Waals surface area contributed by atoms with Gasteiger partial charge in [0.2, 0.25) is 0 Å². The number of aromatic hydroxyl groups is 1. The molecule has 0 amide bonds. The Morgan fingerprint density at radius 2 is 2.00 bits per heavy atom. The van der Waals surface area contributed by atoms with Gasteiger partial charge in [-0.05, 0) is 47.4 Å². The molecular weight excluding hydrogens is 326 g/mol. The summed E-state index contributed by atoms with van der Waals surface area (Å²) in [5.74, 6) is 0.318. The van der Waals surface area contributed by atoms with E-state index in [0.29, 0.717) is 21.3 Å². The highest BCUT2D eigenvalue weighted by Gasteiger charge is 2.21. The predicted molar refractivity (Wildman–Crippen MR) is 83.8 cm³/mol. The lowest BCUT2D eigenvalue weighted by Crippen LogP contribution is -2.36. The molecule has 1 aromatic rings. The Morgan fingerprint density at radius 3 is 2.63 bits per heavy atom. The predicted octanol–water partition coefficient (Wildman–Crippen LogP) is 4.96. The van der Waals surface area contributed by atoms with Crippen LogP contribution in [0.3, 0.4) is 0 Å². The van der Waals surface area contributed by atoms with Crippen LogP contribution in [-0.2, 0) is 6.54 Å². The van der Waals surface area contributed by atoms with Crippen molar-refractivity contribution in [2.45, 2.75) is 51.6 Å². The van der Waals surface area contributed by atoms with Crippen molar-refractivity contribution >= 4 is 27.5 Å². The normalized spacial score (nSPS) is 17.1. The largest absolute Gasteiger partial charge is 0.506 e. The summed E-state index contributed by atoms with van der Waals surface area (Å²) >= 11 is 9.43. The maximum atomic E-state index is 10.1. The first-order valence-electron chi connectivity index (χ1n) is 7.02.